The zero-order valence-electron chi connectivity index (χ0n) is 54.4. The molecule has 5 fully saturated rings. The summed E-state index contributed by atoms with van der Waals surface area (Å²) in [6, 6.07) is 13.2. The van der Waals surface area contributed by atoms with Gasteiger partial charge >= 0.3 is 0 Å². The smallest absolute Gasteiger partial charge is 0.183 e. The van der Waals surface area contributed by atoms with Crippen LogP contribution in [-0.2, 0) is 41.7 Å². The lowest BCUT2D eigenvalue weighted by Crippen LogP contribution is -2.43. The lowest BCUT2D eigenvalue weighted by Gasteiger charge is -2.36. The molecule has 0 bridgehead atoms. The molecular weight excluding hydrogens is 1300 g/mol. The Labute approximate surface area is 562 Å². The minimum atomic E-state index is -0.242. The zero-order valence-corrected chi connectivity index (χ0v) is 56.5. The molecule has 8 aromatic rings. The lowest BCUT2D eigenvalue weighted by atomic mass is 9.96. The molecule has 8 atom stereocenters. The van der Waals surface area contributed by atoms with E-state index in [0.29, 0.717) is 6.54 Å². The fourth-order valence-corrected chi connectivity index (χ4v) is 15.6. The molecule has 0 amide bonds. The number of anilines is 6. The molecule has 8 aromatic heterocycles. The Balaban J connectivity index is 0.000000114. The van der Waals surface area contributed by atoms with Crippen LogP contribution in [0.25, 0.3) is 22.3 Å². The molecule has 9 aliphatic rings. The minimum Gasteiger partial charge on any atom is -0.393 e. The number of halogens is 1. The molecule has 0 saturated carbocycles. The van der Waals surface area contributed by atoms with Gasteiger partial charge in [-0.2, -0.15) is 5.10 Å². The van der Waals surface area contributed by atoms with E-state index < -0.39 is 0 Å². The van der Waals surface area contributed by atoms with Crippen molar-refractivity contribution < 1.29 is 24.8 Å². The third-order valence-corrected chi connectivity index (χ3v) is 20.7. The number of ether oxygens (including phenoxy) is 2. The van der Waals surface area contributed by atoms with Gasteiger partial charge in [0.25, 0.3) is 0 Å². The minimum absolute atomic E-state index is 0.0464. The van der Waals surface area contributed by atoms with Crippen molar-refractivity contribution in [2.45, 2.75) is 205 Å². The molecule has 94 heavy (non-hydrogen) atoms. The van der Waals surface area contributed by atoms with Gasteiger partial charge in [0.2, 0.25) is 0 Å². The predicted octanol–water partition coefficient (Wildman–Crippen LogP) is 9.73. The molecule has 0 spiro atoms. The number of hydrogen-bond donors (Lipinski definition) is 3. The van der Waals surface area contributed by atoms with Crippen molar-refractivity contribution in [2.24, 2.45) is 4.99 Å². The average Bonchev–Trinajstić information content (AvgIpc) is 1.60. The van der Waals surface area contributed by atoms with Crippen LogP contribution in [-0.4, -0.2) is 168 Å². The van der Waals surface area contributed by atoms with Gasteiger partial charge in [-0.15, -0.1) is 5.10 Å². The van der Waals surface area contributed by atoms with E-state index in [-0.39, 0.29) is 48.9 Å². The summed E-state index contributed by atoms with van der Waals surface area (Å²) >= 11 is 2.21. The normalized spacial score (nSPS) is 25.1. The van der Waals surface area contributed by atoms with Gasteiger partial charge in [-0.25, -0.2) is 39.3 Å². The van der Waals surface area contributed by atoms with Crippen LogP contribution >= 0.6 is 22.6 Å². The van der Waals surface area contributed by atoms with Crippen LogP contribution in [0.3, 0.4) is 0 Å². The summed E-state index contributed by atoms with van der Waals surface area (Å²) in [6.45, 7) is 12.7. The highest BCUT2D eigenvalue weighted by Crippen LogP contribution is 2.39. The van der Waals surface area contributed by atoms with E-state index in [1.165, 1.54) is 36.9 Å². The number of aliphatic hydroxyl groups excluding tert-OH is 3. The Hall–Kier alpha value is -7.17. The molecular formula is C69H88IN19O5. The number of amidine groups is 1. The Kier molecular flexibility index (Phi) is 19.8. The SMILES string of the molecule is C[C@@H]1C[C@H](O)CCN1c1cnc2c(I)nn(C3CCCCO3)c2n1.C[C@@H]1C[C@H](O)CCN1c1cnc2c(N3CCCc4ncccc43)nn(C3CCCCO3)c2n1.C[C@@H]1C[C@H](O)CCN1c1cnc2c(n1)CN=C2N1CCCc2ncccc21.c1cnc2c(c1)CCCC2. The number of aromatic nitrogens is 13. The highest BCUT2D eigenvalue weighted by atomic mass is 127. The fourth-order valence-electron chi connectivity index (χ4n) is 15.0. The largest absolute Gasteiger partial charge is 0.393 e. The first-order chi connectivity index (χ1) is 46.0. The lowest BCUT2D eigenvalue weighted by molar-refractivity contribution is -0.0372. The van der Waals surface area contributed by atoms with E-state index in [2.05, 4.69) is 111 Å². The number of pyridine rings is 3. The maximum Gasteiger partial charge on any atom is 0.183 e. The second-order valence-electron chi connectivity index (χ2n) is 26.5. The zero-order chi connectivity index (χ0) is 64.2. The van der Waals surface area contributed by atoms with Crippen molar-refractivity contribution in [3.05, 3.63) is 111 Å². The first kappa shape index (κ1) is 64.2. The molecule has 496 valence electrons. The van der Waals surface area contributed by atoms with Gasteiger partial charge in [0.05, 0.1) is 71.9 Å². The molecule has 2 unspecified atom stereocenters. The molecule has 1 aliphatic carbocycles. The number of aryl methyl sites for hydroxylation is 4. The molecule has 24 nitrogen and oxygen atoms in total. The van der Waals surface area contributed by atoms with Crippen LogP contribution in [0.15, 0.2) is 78.6 Å². The number of fused-ring (bicyclic) bond motifs is 6. The topological polar surface area (TPSA) is 259 Å². The van der Waals surface area contributed by atoms with Crippen LogP contribution in [0.2, 0.25) is 0 Å². The molecule has 5 saturated heterocycles. The number of nitrogens with zero attached hydrogens (tertiary/aromatic N) is 19. The molecule has 25 heteroatoms. The number of hydrogen-bond acceptors (Lipinski definition) is 22. The third kappa shape index (κ3) is 13.8. The molecule has 0 radical (unpaired) electrons. The maximum atomic E-state index is 10.1. The van der Waals surface area contributed by atoms with E-state index in [4.69, 9.17) is 44.5 Å². The van der Waals surface area contributed by atoms with Gasteiger partial charge in [-0.1, -0.05) is 6.07 Å². The van der Waals surface area contributed by atoms with Crippen LogP contribution in [0, 0.1) is 3.70 Å². The predicted molar refractivity (Wildman–Crippen MR) is 370 cm³/mol. The molecule has 8 aliphatic heterocycles. The van der Waals surface area contributed by atoms with E-state index in [1.54, 1.807) is 0 Å². The van der Waals surface area contributed by atoms with Gasteiger partial charge in [0.15, 0.2) is 44.6 Å². The summed E-state index contributed by atoms with van der Waals surface area (Å²) in [4.78, 5) is 58.5. The number of aliphatic hydroxyl groups is 3. The van der Waals surface area contributed by atoms with Gasteiger partial charge in [0, 0.05) is 88.3 Å². The summed E-state index contributed by atoms with van der Waals surface area (Å²) in [5, 5.41) is 39.4. The quantitative estimate of drug-likeness (QED) is 0.131. The Morgan fingerprint density at radius 2 is 0.979 bits per heavy atom. The Morgan fingerprint density at radius 3 is 1.55 bits per heavy atom. The van der Waals surface area contributed by atoms with Gasteiger partial charge < -0.3 is 49.3 Å². The fraction of sp³-hybridized carbons (Fsp3) is 0.565. The second-order valence-corrected chi connectivity index (χ2v) is 27.6. The van der Waals surface area contributed by atoms with Crippen molar-refractivity contribution in [2.75, 3.05) is 70.4 Å². The summed E-state index contributed by atoms with van der Waals surface area (Å²) in [6.07, 6.45) is 30.4. The van der Waals surface area contributed by atoms with Crippen molar-refractivity contribution >= 4 is 85.4 Å². The molecule has 17 rings (SSSR count). The summed E-state index contributed by atoms with van der Waals surface area (Å²) in [5.41, 5.74) is 12.3. The Morgan fingerprint density at radius 1 is 0.479 bits per heavy atom. The average molecular weight is 1390 g/mol. The summed E-state index contributed by atoms with van der Waals surface area (Å²) in [5.74, 6) is 4.33. The molecule has 0 aromatic carbocycles. The second kappa shape index (κ2) is 29.0. The highest BCUT2D eigenvalue weighted by Gasteiger charge is 2.35. The maximum absolute atomic E-state index is 10.1. The van der Waals surface area contributed by atoms with Crippen molar-refractivity contribution in [1.82, 2.24) is 64.4 Å². The van der Waals surface area contributed by atoms with Crippen LogP contribution < -0.4 is 24.5 Å². The standard InChI is InChI=1S/C24H31N7O2.C20H24N6O.C16H22IN5O2.C9H11N/c1-16-14-17(32)9-12-29(16)20-15-26-22-23(27-20)31(21-8-2-3-13-33-21)28-24(22)30-11-5-6-18-19(30)7-4-10-25-18;1-13-10-14(27)6-9-25(13)18-12-22-19-16(24-18)11-23-20(19)26-8-3-4-15-17(26)5-2-7-21-15;1-10-8-11(23)5-6-21(10)12-9-18-14-15(17)20-22(16(14)19-12)13-4-2-3-7-24-13;1-2-6-9-8(4-1)5-3-7-10-9/h4,7,10,15-17,21,32H,2-3,5-6,8-9,11-14H2,1H3;2,5,7,12-14,27H,3-4,6,8-11H2,1H3;9-11,13,23H,2-8H2,1H3;3,5,7H,1-2,4,6H2/t16-,17-,21?;13-,14-;10-,11-,13?;/m111./s1. The number of piperidine rings is 3. The number of rotatable bonds is 6. The van der Waals surface area contributed by atoms with Crippen LogP contribution in [0.1, 0.15) is 170 Å². The summed E-state index contributed by atoms with van der Waals surface area (Å²) in [7, 11) is 0. The van der Waals surface area contributed by atoms with Crippen molar-refractivity contribution in [3.63, 3.8) is 0 Å². The Bertz CT molecular complexity index is 3930. The molecule has 16 heterocycles. The first-order valence-electron chi connectivity index (χ1n) is 34.5. The van der Waals surface area contributed by atoms with Crippen LogP contribution in [0.5, 0.6) is 0 Å². The number of aliphatic imine (C=N–C) groups is 1. The van der Waals surface area contributed by atoms with E-state index >= 15 is 0 Å². The van der Waals surface area contributed by atoms with Crippen molar-refractivity contribution in [1.29, 1.82) is 0 Å². The third-order valence-electron chi connectivity index (χ3n) is 19.9. The van der Waals surface area contributed by atoms with E-state index in [0.717, 1.165) is 238 Å². The highest BCUT2D eigenvalue weighted by molar-refractivity contribution is 14.1. The van der Waals surface area contributed by atoms with Gasteiger partial charge in [0.1, 0.15) is 28.7 Å². The first-order valence-corrected chi connectivity index (χ1v) is 35.6. The van der Waals surface area contributed by atoms with E-state index in [1.807, 2.05) is 64.7 Å². The molecule has 3 N–H and O–H groups in total. The summed E-state index contributed by atoms with van der Waals surface area (Å²) < 4.78 is 16.7. The monoisotopic (exact) mass is 1390 g/mol. The van der Waals surface area contributed by atoms with E-state index in [9.17, 15) is 15.3 Å². The van der Waals surface area contributed by atoms with Gasteiger partial charge in [-0.05, 0) is 208 Å². The van der Waals surface area contributed by atoms with Crippen LogP contribution in [0.4, 0.5) is 34.6 Å². The van der Waals surface area contributed by atoms with Gasteiger partial charge in [-0.3, -0.25) is 19.9 Å². The van der Waals surface area contributed by atoms with Crippen molar-refractivity contribution in [3.8, 4) is 0 Å².